The molecule has 0 unspecified atom stereocenters. The van der Waals surface area contributed by atoms with Crippen LogP contribution in [0, 0.1) is 11.3 Å². The molecule has 2 fully saturated rings. The molecule has 6 heteroatoms. The van der Waals surface area contributed by atoms with Gasteiger partial charge in [0.2, 0.25) is 0 Å². The van der Waals surface area contributed by atoms with E-state index in [1.54, 1.807) is 12.1 Å². The van der Waals surface area contributed by atoms with Crippen LogP contribution in [0.2, 0.25) is 0 Å². The second-order valence-corrected chi connectivity index (χ2v) is 7.50. The molecule has 0 atom stereocenters. The van der Waals surface area contributed by atoms with Crippen LogP contribution in [0.4, 0.5) is 0 Å². The summed E-state index contributed by atoms with van der Waals surface area (Å²) >= 11 is 0. The highest BCUT2D eigenvalue weighted by atomic mass is 16.7. The van der Waals surface area contributed by atoms with Crippen molar-refractivity contribution in [1.82, 2.24) is 0 Å². The molecule has 3 rings (SSSR count). The summed E-state index contributed by atoms with van der Waals surface area (Å²) in [5, 5.41) is 9.71. The predicted molar refractivity (Wildman–Crippen MR) is 90.2 cm³/mol. The highest BCUT2D eigenvalue weighted by molar-refractivity contribution is 6.63. The SMILES string of the molecule is COC(=O)c1cc(B2OC(C)(C)C(C)(C)O2)c(C#N)c(C2CC2)c1. The largest absolute Gasteiger partial charge is 0.496 e. The van der Waals surface area contributed by atoms with Gasteiger partial charge in [0.05, 0.1) is 35.5 Å². The quantitative estimate of drug-likeness (QED) is 0.630. The molecular weight excluding hydrogens is 305 g/mol. The van der Waals surface area contributed by atoms with Crippen molar-refractivity contribution in [3.8, 4) is 6.07 Å². The van der Waals surface area contributed by atoms with Crippen molar-refractivity contribution in [3.05, 3.63) is 28.8 Å². The van der Waals surface area contributed by atoms with E-state index in [2.05, 4.69) is 6.07 Å². The van der Waals surface area contributed by atoms with Gasteiger partial charge >= 0.3 is 13.1 Å². The lowest BCUT2D eigenvalue weighted by Gasteiger charge is -2.32. The molecule has 0 bridgehead atoms. The monoisotopic (exact) mass is 327 g/mol. The molecule has 0 spiro atoms. The van der Waals surface area contributed by atoms with Gasteiger partial charge in [0, 0.05) is 5.46 Å². The Balaban J connectivity index is 2.11. The fraction of sp³-hybridized carbons (Fsp3) is 0.556. The molecule has 1 saturated heterocycles. The Morgan fingerprint density at radius 3 is 2.29 bits per heavy atom. The highest BCUT2D eigenvalue weighted by Gasteiger charge is 2.52. The topological polar surface area (TPSA) is 68.6 Å². The minimum Gasteiger partial charge on any atom is -0.465 e. The van der Waals surface area contributed by atoms with Gasteiger partial charge in [-0.25, -0.2) is 4.79 Å². The van der Waals surface area contributed by atoms with Gasteiger partial charge in [-0.2, -0.15) is 5.26 Å². The minimum atomic E-state index is -0.674. The van der Waals surface area contributed by atoms with Gasteiger partial charge < -0.3 is 14.0 Å². The number of esters is 1. The lowest BCUT2D eigenvalue weighted by atomic mass is 9.73. The number of nitriles is 1. The van der Waals surface area contributed by atoms with E-state index in [1.807, 2.05) is 27.7 Å². The van der Waals surface area contributed by atoms with Crippen molar-refractivity contribution in [1.29, 1.82) is 5.26 Å². The maximum atomic E-state index is 12.0. The lowest BCUT2D eigenvalue weighted by Crippen LogP contribution is -2.41. The summed E-state index contributed by atoms with van der Waals surface area (Å²) in [5.41, 5.74) is 1.48. The first-order chi connectivity index (χ1) is 11.2. The Labute approximate surface area is 143 Å². The number of hydrogen-bond donors (Lipinski definition) is 0. The summed E-state index contributed by atoms with van der Waals surface area (Å²) in [6.07, 6.45) is 2.06. The molecule has 24 heavy (non-hydrogen) atoms. The molecule has 1 aromatic rings. The number of hydrogen-bond acceptors (Lipinski definition) is 5. The summed E-state index contributed by atoms with van der Waals surface area (Å²) in [6.45, 7) is 7.85. The van der Waals surface area contributed by atoms with E-state index in [1.165, 1.54) is 7.11 Å². The van der Waals surface area contributed by atoms with Crippen LogP contribution in [0.5, 0.6) is 0 Å². The van der Waals surface area contributed by atoms with Crippen LogP contribution in [-0.2, 0) is 14.0 Å². The van der Waals surface area contributed by atoms with Gasteiger partial charge in [-0.1, -0.05) is 0 Å². The van der Waals surface area contributed by atoms with Crippen molar-refractivity contribution < 1.29 is 18.8 Å². The summed E-state index contributed by atoms with van der Waals surface area (Å²) in [5.74, 6) is -0.0930. The number of ether oxygens (including phenoxy) is 1. The first-order valence-electron chi connectivity index (χ1n) is 8.22. The molecule has 1 aromatic carbocycles. The van der Waals surface area contributed by atoms with Crippen molar-refractivity contribution in [3.63, 3.8) is 0 Å². The minimum absolute atomic E-state index is 0.324. The molecule has 2 aliphatic rings. The summed E-state index contributed by atoms with van der Waals surface area (Å²) in [4.78, 5) is 12.0. The maximum absolute atomic E-state index is 12.0. The third-order valence-corrected chi connectivity index (χ3v) is 5.26. The van der Waals surface area contributed by atoms with E-state index >= 15 is 0 Å². The van der Waals surface area contributed by atoms with E-state index in [4.69, 9.17) is 14.0 Å². The molecule has 1 aliphatic carbocycles. The van der Waals surface area contributed by atoms with Crippen molar-refractivity contribution in [2.75, 3.05) is 7.11 Å². The normalized spacial score (nSPS) is 21.4. The van der Waals surface area contributed by atoms with E-state index in [-0.39, 0.29) is 0 Å². The number of carbonyl (C=O) groups is 1. The third-order valence-electron chi connectivity index (χ3n) is 5.26. The second-order valence-electron chi connectivity index (χ2n) is 7.50. The fourth-order valence-electron chi connectivity index (χ4n) is 2.92. The molecule has 126 valence electrons. The summed E-state index contributed by atoms with van der Waals surface area (Å²) in [7, 11) is 0.679. The van der Waals surface area contributed by atoms with Gasteiger partial charge in [0.1, 0.15) is 0 Å². The maximum Gasteiger partial charge on any atom is 0.496 e. The number of rotatable bonds is 3. The van der Waals surface area contributed by atoms with Crippen molar-refractivity contribution >= 4 is 18.6 Å². The van der Waals surface area contributed by atoms with Crippen LogP contribution in [0.1, 0.15) is 67.9 Å². The Bertz CT molecular complexity index is 715. The highest BCUT2D eigenvalue weighted by Crippen LogP contribution is 2.42. The van der Waals surface area contributed by atoms with Gasteiger partial charge in [-0.15, -0.1) is 0 Å². The van der Waals surface area contributed by atoms with Crippen LogP contribution in [0.25, 0.3) is 0 Å². The molecule has 0 aromatic heterocycles. The average molecular weight is 327 g/mol. The van der Waals surface area contributed by atoms with E-state index in [0.29, 0.717) is 22.5 Å². The lowest BCUT2D eigenvalue weighted by molar-refractivity contribution is 0.00578. The number of carbonyl (C=O) groups excluding carboxylic acids is 1. The van der Waals surface area contributed by atoms with Gasteiger partial charge in [-0.3, -0.25) is 0 Å². The summed E-state index contributed by atoms with van der Waals surface area (Å²) in [6, 6.07) is 5.73. The standard InChI is InChI=1S/C18H22BNO4/c1-17(2)18(3,4)24-19(23-17)15-9-12(16(21)22-5)8-13(11-6-7-11)14(15)10-20/h8-9,11H,6-7H2,1-5H3. The first kappa shape index (κ1) is 17.0. The first-order valence-corrected chi connectivity index (χ1v) is 8.22. The molecule has 1 aliphatic heterocycles. The Morgan fingerprint density at radius 2 is 1.83 bits per heavy atom. The van der Waals surface area contributed by atoms with Crippen molar-refractivity contribution in [2.24, 2.45) is 0 Å². The molecule has 5 nitrogen and oxygen atoms in total. The smallest absolute Gasteiger partial charge is 0.465 e. The van der Waals surface area contributed by atoms with Crippen LogP contribution in [0.3, 0.4) is 0 Å². The van der Waals surface area contributed by atoms with E-state index < -0.39 is 24.3 Å². The van der Waals surface area contributed by atoms with Crippen molar-refractivity contribution in [2.45, 2.75) is 57.7 Å². The van der Waals surface area contributed by atoms with E-state index in [0.717, 1.165) is 18.4 Å². The fourth-order valence-corrected chi connectivity index (χ4v) is 2.92. The molecule has 0 N–H and O–H groups in total. The average Bonchev–Trinajstić information content (AvgIpc) is 3.33. The van der Waals surface area contributed by atoms with Gasteiger partial charge in [-0.05, 0) is 64.2 Å². The zero-order valence-corrected chi connectivity index (χ0v) is 14.8. The van der Waals surface area contributed by atoms with Gasteiger partial charge in [0.15, 0.2) is 0 Å². The number of benzene rings is 1. The van der Waals surface area contributed by atoms with Crippen LogP contribution < -0.4 is 5.46 Å². The Kier molecular flexibility index (Phi) is 3.97. The Morgan fingerprint density at radius 1 is 1.25 bits per heavy atom. The summed E-state index contributed by atoms with van der Waals surface area (Å²) < 4.78 is 17.0. The second kappa shape index (κ2) is 5.61. The molecule has 1 heterocycles. The molecule has 0 amide bonds. The van der Waals surface area contributed by atoms with Crippen LogP contribution in [0.15, 0.2) is 12.1 Å². The molecule has 0 radical (unpaired) electrons. The number of nitrogens with zero attached hydrogens (tertiary/aromatic N) is 1. The zero-order chi connectivity index (χ0) is 17.7. The van der Waals surface area contributed by atoms with Crippen LogP contribution in [-0.4, -0.2) is 31.4 Å². The zero-order valence-electron chi connectivity index (χ0n) is 14.8. The molecule has 1 saturated carbocycles. The predicted octanol–water partition coefficient (Wildman–Crippen LogP) is 2.52. The van der Waals surface area contributed by atoms with Gasteiger partial charge in [0.25, 0.3) is 0 Å². The van der Waals surface area contributed by atoms with E-state index in [9.17, 15) is 10.1 Å². The Hall–Kier alpha value is -1.84. The van der Waals surface area contributed by atoms with Crippen LogP contribution >= 0.6 is 0 Å². The number of methoxy groups -OCH3 is 1. The molecular formula is C18H22BNO4. The third kappa shape index (κ3) is 2.72.